The van der Waals surface area contributed by atoms with E-state index in [1.807, 2.05) is 32.0 Å². The van der Waals surface area contributed by atoms with Crippen molar-refractivity contribution in [3.8, 4) is 5.75 Å². The van der Waals surface area contributed by atoms with E-state index >= 15 is 0 Å². The second kappa shape index (κ2) is 7.58. The van der Waals surface area contributed by atoms with Crippen LogP contribution in [-0.4, -0.2) is 21.2 Å². The fourth-order valence-corrected chi connectivity index (χ4v) is 4.14. The van der Waals surface area contributed by atoms with Crippen molar-refractivity contribution in [1.29, 1.82) is 0 Å². The summed E-state index contributed by atoms with van der Waals surface area (Å²) in [4.78, 5) is 25.4. The summed E-state index contributed by atoms with van der Waals surface area (Å²) >= 11 is 0. The number of fused-ring (bicyclic) bond motifs is 1. The Morgan fingerprint density at radius 1 is 1.17 bits per heavy atom. The Bertz CT molecular complexity index is 1120. The SMILES string of the molecule is Cc1cc(NC(=O)c2noc(=O)[nH]2)cc(C)c1Cc1ccc(O)c2c1CCCC2. The molecule has 1 amide bonds. The van der Waals surface area contributed by atoms with Gasteiger partial charge < -0.3 is 10.4 Å². The van der Waals surface area contributed by atoms with Crippen LogP contribution < -0.4 is 11.1 Å². The van der Waals surface area contributed by atoms with Crippen molar-refractivity contribution in [1.82, 2.24) is 10.1 Å². The molecule has 1 aliphatic rings. The van der Waals surface area contributed by atoms with Crippen molar-refractivity contribution < 1.29 is 14.4 Å². The first-order chi connectivity index (χ1) is 13.9. The second-order valence-electron chi connectivity index (χ2n) is 7.57. The molecule has 2 aromatic carbocycles. The maximum Gasteiger partial charge on any atom is 0.439 e. The van der Waals surface area contributed by atoms with E-state index in [0.717, 1.165) is 48.8 Å². The van der Waals surface area contributed by atoms with Crippen LogP contribution in [0.2, 0.25) is 0 Å². The standard InChI is InChI=1S/C22H23N3O4/c1-12-9-15(23-21(27)20-24-22(28)29-25-20)10-13(2)18(12)11-14-7-8-19(26)17-6-4-3-5-16(14)17/h7-10,26H,3-6,11H2,1-2H3,(H,23,27)(H,24,25,28). The van der Waals surface area contributed by atoms with Crippen LogP contribution in [0, 0.1) is 13.8 Å². The molecule has 1 aromatic heterocycles. The molecule has 0 unspecified atom stereocenters. The molecular formula is C22H23N3O4. The summed E-state index contributed by atoms with van der Waals surface area (Å²) in [6.07, 6.45) is 4.98. The summed E-state index contributed by atoms with van der Waals surface area (Å²) < 4.78 is 4.37. The predicted octanol–water partition coefficient (Wildman–Crippen LogP) is 3.41. The van der Waals surface area contributed by atoms with Gasteiger partial charge in [-0.3, -0.25) is 14.3 Å². The molecule has 0 radical (unpaired) electrons. The topological polar surface area (TPSA) is 108 Å². The quantitative estimate of drug-likeness (QED) is 0.629. The summed E-state index contributed by atoms with van der Waals surface area (Å²) in [5.41, 5.74) is 7.58. The zero-order valence-corrected chi connectivity index (χ0v) is 16.5. The van der Waals surface area contributed by atoms with Crippen LogP contribution in [0.1, 0.15) is 56.8 Å². The van der Waals surface area contributed by atoms with Crippen LogP contribution in [0.3, 0.4) is 0 Å². The number of anilines is 1. The minimum Gasteiger partial charge on any atom is -0.508 e. The highest BCUT2D eigenvalue weighted by Gasteiger charge is 2.18. The van der Waals surface area contributed by atoms with Gasteiger partial charge in [0.15, 0.2) is 0 Å². The molecule has 0 fully saturated rings. The summed E-state index contributed by atoms with van der Waals surface area (Å²) in [5, 5.41) is 16.3. The first-order valence-electron chi connectivity index (χ1n) is 9.72. The average Bonchev–Trinajstić information content (AvgIpc) is 3.13. The van der Waals surface area contributed by atoms with E-state index in [1.165, 1.54) is 16.7 Å². The van der Waals surface area contributed by atoms with Crippen LogP contribution in [0.4, 0.5) is 5.69 Å². The predicted molar refractivity (Wildman–Crippen MR) is 109 cm³/mol. The highest BCUT2D eigenvalue weighted by molar-refractivity contribution is 6.01. The van der Waals surface area contributed by atoms with Gasteiger partial charge in [0.1, 0.15) is 5.75 Å². The van der Waals surface area contributed by atoms with Gasteiger partial charge in [-0.05, 0) is 103 Å². The molecule has 0 atom stereocenters. The number of aromatic amines is 1. The number of H-pyrrole nitrogens is 1. The first kappa shape index (κ1) is 19.0. The third-order valence-electron chi connectivity index (χ3n) is 5.58. The number of aromatic nitrogens is 2. The molecule has 150 valence electrons. The third-order valence-corrected chi connectivity index (χ3v) is 5.58. The molecule has 0 bridgehead atoms. The van der Waals surface area contributed by atoms with Crippen molar-refractivity contribution in [2.45, 2.75) is 46.0 Å². The molecule has 0 aliphatic heterocycles. The van der Waals surface area contributed by atoms with Crippen LogP contribution in [0.25, 0.3) is 0 Å². The Kier molecular flexibility index (Phi) is 4.96. The number of carbonyl (C=O) groups is 1. The minimum atomic E-state index is -0.768. The van der Waals surface area contributed by atoms with Gasteiger partial charge >= 0.3 is 5.76 Å². The lowest BCUT2D eigenvalue weighted by atomic mass is 9.84. The van der Waals surface area contributed by atoms with E-state index in [2.05, 4.69) is 20.0 Å². The number of rotatable bonds is 4. The average molecular weight is 393 g/mol. The molecule has 3 N–H and O–H groups in total. The van der Waals surface area contributed by atoms with Crippen LogP contribution in [-0.2, 0) is 19.3 Å². The normalized spacial score (nSPS) is 13.2. The van der Waals surface area contributed by atoms with Crippen LogP contribution in [0.5, 0.6) is 5.75 Å². The van der Waals surface area contributed by atoms with Crippen molar-refractivity contribution in [3.63, 3.8) is 0 Å². The summed E-state index contributed by atoms with van der Waals surface area (Å²) in [5.74, 6) is -1.06. The molecule has 3 aromatic rings. The highest BCUT2D eigenvalue weighted by atomic mass is 16.5. The molecular weight excluding hydrogens is 370 g/mol. The maximum absolute atomic E-state index is 12.2. The van der Waals surface area contributed by atoms with E-state index < -0.39 is 11.7 Å². The number of hydrogen-bond donors (Lipinski definition) is 3. The fraction of sp³-hybridized carbons (Fsp3) is 0.318. The number of hydrogen-bond acceptors (Lipinski definition) is 5. The highest BCUT2D eigenvalue weighted by Crippen LogP contribution is 2.33. The Morgan fingerprint density at radius 3 is 2.52 bits per heavy atom. The molecule has 1 aliphatic carbocycles. The second-order valence-corrected chi connectivity index (χ2v) is 7.57. The Balaban J connectivity index is 1.60. The van der Waals surface area contributed by atoms with E-state index in [0.29, 0.717) is 11.4 Å². The van der Waals surface area contributed by atoms with Crippen molar-refractivity contribution in [2.24, 2.45) is 0 Å². The molecule has 0 spiro atoms. The van der Waals surface area contributed by atoms with Gasteiger partial charge in [-0.2, -0.15) is 0 Å². The van der Waals surface area contributed by atoms with Crippen molar-refractivity contribution in [2.75, 3.05) is 5.32 Å². The number of aromatic hydroxyl groups is 1. The molecule has 7 nitrogen and oxygen atoms in total. The number of amides is 1. The zero-order chi connectivity index (χ0) is 20.5. The molecule has 0 saturated heterocycles. The number of nitrogens with zero attached hydrogens (tertiary/aromatic N) is 1. The van der Waals surface area contributed by atoms with Gasteiger partial charge in [0.25, 0.3) is 5.91 Å². The fourth-order valence-electron chi connectivity index (χ4n) is 4.14. The molecule has 7 heteroatoms. The molecule has 4 rings (SSSR count). The third kappa shape index (κ3) is 3.81. The van der Waals surface area contributed by atoms with Gasteiger partial charge in [0, 0.05) is 5.69 Å². The number of carbonyl (C=O) groups excluding carboxylic acids is 1. The van der Waals surface area contributed by atoms with Gasteiger partial charge in [-0.1, -0.05) is 6.07 Å². The first-order valence-corrected chi connectivity index (χ1v) is 9.72. The lowest BCUT2D eigenvalue weighted by Gasteiger charge is -2.22. The number of phenols is 1. The van der Waals surface area contributed by atoms with Gasteiger partial charge in [-0.15, -0.1) is 0 Å². The van der Waals surface area contributed by atoms with E-state index in [4.69, 9.17) is 0 Å². The van der Waals surface area contributed by atoms with Crippen molar-refractivity contribution in [3.05, 3.63) is 74.0 Å². The van der Waals surface area contributed by atoms with E-state index in [9.17, 15) is 14.7 Å². The number of nitrogens with one attached hydrogen (secondary N) is 2. The Labute approximate surface area is 167 Å². The summed E-state index contributed by atoms with van der Waals surface area (Å²) in [6.45, 7) is 4.03. The lowest BCUT2D eigenvalue weighted by Crippen LogP contribution is -2.15. The maximum atomic E-state index is 12.2. The number of phenolic OH excluding ortho intramolecular Hbond substituents is 1. The van der Waals surface area contributed by atoms with Gasteiger partial charge in [0.05, 0.1) is 0 Å². The smallest absolute Gasteiger partial charge is 0.439 e. The molecule has 1 heterocycles. The Hall–Kier alpha value is -3.35. The number of benzene rings is 2. The largest absolute Gasteiger partial charge is 0.508 e. The van der Waals surface area contributed by atoms with Crippen LogP contribution in [0.15, 0.2) is 33.6 Å². The summed E-state index contributed by atoms with van der Waals surface area (Å²) in [7, 11) is 0. The minimum absolute atomic E-state index is 0.162. The number of aryl methyl sites for hydroxylation is 2. The summed E-state index contributed by atoms with van der Waals surface area (Å²) in [6, 6.07) is 7.64. The Morgan fingerprint density at radius 2 is 1.86 bits per heavy atom. The van der Waals surface area contributed by atoms with Crippen molar-refractivity contribution >= 4 is 11.6 Å². The van der Waals surface area contributed by atoms with Gasteiger partial charge in [-0.25, -0.2) is 4.79 Å². The van der Waals surface area contributed by atoms with Gasteiger partial charge in [0.2, 0.25) is 5.82 Å². The lowest BCUT2D eigenvalue weighted by molar-refractivity contribution is 0.101. The monoisotopic (exact) mass is 393 g/mol. The van der Waals surface area contributed by atoms with Crippen LogP contribution >= 0.6 is 0 Å². The molecule has 0 saturated carbocycles. The van der Waals surface area contributed by atoms with E-state index in [-0.39, 0.29) is 5.82 Å². The van der Waals surface area contributed by atoms with E-state index in [1.54, 1.807) is 6.07 Å². The zero-order valence-electron chi connectivity index (χ0n) is 16.5. The molecule has 29 heavy (non-hydrogen) atoms.